The van der Waals surface area contributed by atoms with Crippen molar-refractivity contribution in [3.8, 4) is 0 Å². The van der Waals surface area contributed by atoms with Gasteiger partial charge in [0.1, 0.15) is 0 Å². The van der Waals surface area contributed by atoms with E-state index in [-0.39, 0.29) is 0 Å². The van der Waals surface area contributed by atoms with Gasteiger partial charge in [0.2, 0.25) is 0 Å². The van der Waals surface area contributed by atoms with Crippen molar-refractivity contribution in [3.05, 3.63) is 71.3 Å². The van der Waals surface area contributed by atoms with E-state index in [1.54, 1.807) is 0 Å². The summed E-state index contributed by atoms with van der Waals surface area (Å²) in [7, 11) is 0. The fourth-order valence-corrected chi connectivity index (χ4v) is 2.13. The first-order valence-corrected chi connectivity index (χ1v) is 6.36. The second-order valence-corrected chi connectivity index (χ2v) is 4.83. The Balaban J connectivity index is 2.25. The van der Waals surface area contributed by atoms with E-state index in [9.17, 15) is 13.2 Å². The average Bonchev–Trinajstić information content (AvgIpc) is 2.39. The van der Waals surface area contributed by atoms with Crippen molar-refractivity contribution in [2.75, 3.05) is 0 Å². The molecule has 0 saturated heterocycles. The Morgan fingerprint density at radius 2 is 1.47 bits per heavy atom. The van der Waals surface area contributed by atoms with E-state index in [2.05, 4.69) is 15.9 Å². The third-order valence-electron chi connectivity index (χ3n) is 2.58. The second kappa shape index (κ2) is 5.61. The van der Waals surface area contributed by atoms with Crippen LogP contribution in [0.2, 0.25) is 0 Å². The molecule has 0 aliphatic carbocycles. The molecule has 19 heavy (non-hydrogen) atoms. The predicted molar refractivity (Wildman–Crippen MR) is 74.7 cm³/mol. The molecule has 0 saturated carbocycles. The normalized spacial score (nSPS) is 12.5. The average molecular weight is 327 g/mol. The summed E-state index contributed by atoms with van der Waals surface area (Å²) in [5.74, 6) is 0. The van der Waals surface area contributed by atoms with Crippen molar-refractivity contribution < 1.29 is 13.2 Å². The highest BCUT2D eigenvalue weighted by molar-refractivity contribution is 9.15. The molecule has 0 aliphatic rings. The topological polar surface area (TPSA) is 0 Å². The van der Waals surface area contributed by atoms with Crippen LogP contribution in [0.15, 0.2) is 54.6 Å². The number of alkyl halides is 3. The molecule has 0 heterocycles. The van der Waals surface area contributed by atoms with Gasteiger partial charge in [0, 0.05) is 4.48 Å². The van der Waals surface area contributed by atoms with Crippen LogP contribution in [0.3, 0.4) is 0 Å². The van der Waals surface area contributed by atoms with Gasteiger partial charge in [-0.25, -0.2) is 0 Å². The van der Waals surface area contributed by atoms with Gasteiger partial charge in [-0.15, -0.1) is 0 Å². The SMILES string of the molecule is FC(F)(F)c1ccc(C(Br)=Cc2ccccc2)cc1. The smallest absolute Gasteiger partial charge is 0.166 e. The molecule has 0 nitrogen and oxygen atoms in total. The third kappa shape index (κ3) is 3.70. The van der Waals surface area contributed by atoms with E-state index < -0.39 is 11.7 Å². The van der Waals surface area contributed by atoms with Crippen molar-refractivity contribution >= 4 is 26.5 Å². The first-order valence-electron chi connectivity index (χ1n) is 5.57. The van der Waals surface area contributed by atoms with Gasteiger partial charge in [-0.1, -0.05) is 58.4 Å². The molecule has 0 unspecified atom stereocenters. The van der Waals surface area contributed by atoms with Crippen LogP contribution in [0.4, 0.5) is 13.2 Å². The zero-order valence-corrected chi connectivity index (χ0v) is 11.4. The summed E-state index contributed by atoms with van der Waals surface area (Å²) in [5.41, 5.74) is 1.04. The highest BCUT2D eigenvalue weighted by atomic mass is 79.9. The third-order valence-corrected chi connectivity index (χ3v) is 3.27. The van der Waals surface area contributed by atoms with Crippen molar-refractivity contribution in [1.82, 2.24) is 0 Å². The summed E-state index contributed by atoms with van der Waals surface area (Å²) in [5, 5.41) is 0. The molecule has 0 spiro atoms. The molecule has 2 rings (SSSR count). The molecular weight excluding hydrogens is 317 g/mol. The number of hydrogen-bond donors (Lipinski definition) is 0. The molecule has 0 N–H and O–H groups in total. The Bertz CT molecular complexity index is 569. The maximum Gasteiger partial charge on any atom is 0.416 e. The molecule has 0 amide bonds. The number of hydrogen-bond acceptors (Lipinski definition) is 0. The molecule has 98 valence electrons. The summed E-state index contributed by atoms with van der Waals surface area (Å²) in [6.45, 7) is 0. The van der Waals surface area contributed by atoms with Gasteiger partial charge in [0.25, 0.3) is 0 Å². The van der Waals surface area contributed by atoms with Crippen molar-refractivity contribution in [1.29, 1.82) is 0 Å². The minimum atomic E-state index is -4.30. The standard InChI is InChI=1S/C15H10BrF3/c16-14(10-11-4-2-1-3-5-11)12-6-8-13(9-7-12)15(17,18)19/h1-10H. The van der Waals surface area contributed by atoms with Crippen molar-refractivity contribution in [3.63, 3.8) is 0 Å². The molecule has 0 bridgehead atoms. The molecule has 0 aliphatic heterocycles. The van der Waals surface area contributed by atoms with E-state index in [0.29, 0.717) is 5.56 Å². The van der Waals surface area contributed by atoms with Crippen molar-refractivity contribution in [2.45, 2.75) is 6.18 Å². The van der Waals surface area contributed by atoms with Crippen LogP contribution < -0.4 is 0 Å². The molecule has 4 heteroatoms. The minimum absolute atomic E-state index is 0.642. The predicted octanol–water partition coefficient (Wildman–Crippen LogP) is 5.60. The maximum absolute atomic E-state index is 12.4. The number of benzene rings is 2. The Kier molecular flexibility index (Phi) is 4.10. The molecule has 0 atom stereocenters. The van der Waals surface area contributed by atoms with Crippen LogP contribution in [0.25, 0.3) is 10.6 Å². The summed E-state index contributed by atoms with van der Waals surface area (Å²) < 4.78 is 38.1. The lowest BCUT2D eigenvalue weighted by molar-refractivity contribution is -0.137. The van der Waals surface area contributed by atoms with Crippen LogP contribution in [0, 0.1) is 0 Å². The monoisotopic (exact) mass is 326 g/mol. The fourth-order valence-electron chi connectivity index (χ4n) is 1.60. The number of halogens is 4. The fraction of sp³-hybridized carbons (Fsp3) is 0.0667. The van der Waals surface area contributed by atoms with Gasteiger partial charge in [0.05, 0.1) is 5.56 Å². The van der Waals surface area contributed by atoms with E-state index in [0.717, 1.165) is 22.2 Å². The summed E-state index contributed by atoms with van der Waals surface area (Å²) in [6, 6.07) is 14.6. The Morgan fingerprint density at radius 3 is 2.00 bits per heavy atom. The maximum atomic E-state index is 12.4. The largest absolute Gasteiger partial charge is 0.416 e. The first kappa shape index (κ1) is 13.9. The van der Waals surface area contributed by atoms with Crippen molar-refractivity contribution in [2.24, 2.45) is 0 Å². The lowest BCUT2D eigenvalue weighted by Gasteiger charge is -2.07. The van der Waals surface area contributed by atoms with Gasteiger partial charge in [-0.05, 0) is 29.3 Å². The summed E-state index contributed by atoms with van der Waals surface area (Å²) in [6.07, 6.45) is -2.43. The number of rotatable bonds is 2. The molecular formula is C15H10BrF3. The highest BCUT2D eigenvalue weighted by Gasteiger charge is 2.29. The van der Waals surface area contributed by atoms with Gasteiger partial charge >= 0.3 is 6.18 Å². The van der Waals surface area contributed by atoms with Gasteiger partial charge in [0.15, 0.2) is 0 Å². The quantitative estimate of drug-likeness (QED) is 0.630. The van der Waals surface area contributed by atoms with Crippen LogP contribution in [-0.2, 0) is 6.18 Å². The molecule has 2 aromatic carbocycles. The van der Waals surface area contributed by atoms with Gasteiger partial charge in [-0.2, -0.15) is 13.2 Å². The Hall–Kier alpha value is -1.55. The first-order chi connectivity index (χ1) is 8.97. The lowest BCUT2D eigenvalue weighted by Crippen LogP contribution is -2.04. The summed E-state index contributed by atoms with van der Waals surface area (Å²) in [4.78, 5) is 0. The highest BCUT2D eigenvalue weighted by Crippen LogP contribution is 2.31. The van der Waals surface area contributed by atoms with Crippen LogP contribution in [0.1, 0.15) is 16.7 Å². The van der Waals surface area contributed by atoms with Crippen LogP contribution in [0.5, 0.6) is 0 Å². The molecule has 2 aromatic rings. The van der Waals surface area contributed by atoms with E-state index in [1.165, 1.54) is 12.1 Å². The minimum Gasteiger partial charge on any atom is -0.166 e. The van der Waals surface area contributed by atoms with Gasteiger partial charge in [-0.3, -0.25) is 0 Å². The van der Waals surface area contributed by atoms with Crippen LogP contribution in [-0.4, -0.2) is 0 Å². The summed E-state index contributed by atoms with van der Waals surface area (Å²) >= 11 is 3.38. The lowest BCUT2D eigenvalue weighted by atomic mass is 10.1. The van der Waals surface area contributed by atoms with Crippen LogP contribution >= 0.6 is 15.9 Å². The second-order valence-electron chi connectivity index (χ2n) is 3.98. The van der Waals surface area contributed by atoms with E-state index in [1.807, 2.05) is 36.4 Å². The Labute approximate surface area is 117 Å². The zero-order chi connectivity index (χ0) is 13.9. The van der Waals surface area contributed by atoms with Gasteiger partial charge < -0.3 is 0 Å². The zero-order valence-electron chi connectivity index (χ0n) is 9.79. The molecule has 0 radical (unpaired) electrons. The molecule has 0 aromatic heterocycles. The van der Waals surface area contributed by atoms with E-state index in [4.69, 9.17) is 0 Å². The Morgan fingerprint density at radius 1 is 0.895 bits per heavy atom. The van der Waals surface area contributed by atoms with E-state index >= 15 is 0 Å². The molecule has 0 fully saturated rings.